The maximum atomic E-state index is 13.4. The lowest BCUT2D eigenvalue weighted by Crippen LogP contribution is -2.51. The van der Waals surface area contributed by atoms with Gasteiger partial charge in [-0.1, -0.05) is 57.9 Å². The van der Waals surface area contributed by atoms with E-state index in [1.807, 2.05) is 0 Å². The summed E-state index contributed by atoms with van der Waals surface area (Å²) in [5.41, 5.74) is -3.57. The Balaban J connectivity index is 2.26. The van der Waals surface area contributed by atoms with Gasteiger partial charge in [0.15, 0.2) is 0 Å². The summed E-state index contributed by atoms with van der Waals surface area (Å²) in [7, 11) is 0. The molecule has 1 amide bonds. The van der Waals surface area contributed by atoms with Crippen LogP contribution in [0.5, 0.6) is 0 Å². The zero-order valence-electron chi connectivity index (χ0n) is 12.1. The van der Waals surface area contributed by atoms with Gasteiger partial charge in [-0.15, -0.1) is 0 Å². The summed E-state index contributed by atoms with van der Waals surface area (Å²) in [4.78, 5) is 12.1. The van der Waals surface area contributed by atoms with Crippen LogP contribution in [0.4, 0.5) is 13.2 Å². The Bertz CT molecular complexity index is 740. The Labute approximate surface area is 149 Å². The normalized spacial score (nSPS) is 14.1. The number of carbonyl (C=O) groups excluding carboxylic acids is 1. The number of hydrogen-bond acceptors (Lipinski definition) is 2. The van der Waals surface area contributed by atoms with Crippen LogP contribution >= 0.6 is 27.5 Å². The summed E-state index contributed by atoms with van der Waals surface area (Å²) in [6, 6.07) is 11.0. The van der Waals surface area contributed by atoms with Gasteiger partial charge in [0.2, 0.25) is 5.60 Å². The molecule has 0 heterocycles. The largest absolute Gasteiger partial charge is 0.423 e. The molecule has 2 N–H and O–H groups in total. The molecule has 24 heavy (non-hydrogen) atoms. The van der Waals surface area contributed by atoms with Gasteiger partial charge >= 0.3 is 6.18 Å². The van der Waals surface area contributed by atoms with Crippen LogP contribution in [0.1, 0.15) is 15.9 Å². The van der Waals surface area contributed by atoms with Crippen LogP contribution in [0.15, 0.2) is 53.0 Å². The van der Waals surface area contributed by atoms with Gasteiger partial charge in [0.25, 0.3) is 5.91 Å². The summed E-state index contributed by atoms with van der Waals surface area (Å²) in [6.07, 6.45) is -4.97. The molecule has 2 aromatic carbocycles. The fraction of sp³-hybridized carbons (Fsp3) is 0.188. The third kappa shape index (κ3) is 3.91. The van der Waals surface area contributed by atoms with Crippen LogP contribution in [-0.4, -0.2) is 23.7 Å². The first-order valence-electron chi connectivity index (χ1n) is 6.73. The average molecular weight is 423 g/mol. The predicted molar refractivity (Wildman–Crippen MR) is 87.9 cm³/mol. The molecule has 1 atom stereocenters. The highest BCUT2D eigenvalue weighted by Crippen LogP contribution is 2.38. The lowest BCUT2D eigenvalue weighted by atomic mass is 9.93. The van der Waals surface area contributed by atoms with Crippen LogP contribution in [0.2, 0.25) is 5.02 Å². The molecule has 0 saturated heterocycles. The third-order valence-corrected chi connectivity index (χ3v) is 4.22. The summed E-state index contributed by atoms with van der Waals surface area (Å²) >= 11 is 9.04. The second kappa shape index (κ2) is 7.13. The van der Waals surface area contributed by atoms with Crippen LogP contribution in [0, 0.1) is 0 Å². The lowest BCUT2D eigenvalue weighted by Gasteiger charge is -2.31. The number of carbonyl (C=O) groups is 1. The highest BCUT2D eigenvalue weighted by Gasteiger charge is 2.55. The van der Waals surface area contributed by atoms with Gasteiger partial charge in [-0.25, -0.2) is 0 Å². The Kier molecular flexibility index (Phi) is 5.57. The van der Waals surface area contributed by atoms with E-state index in [1.54, 1.807) is 6.07 Å². The van der Waals surface area contributed by atoms with E-state index < -0.39 is 24.2 Å². The topological polar surface area (TPSA) is 49.3 Å². The highest BCUT2D eigenvalue weighted by atomic mass is 79.9. The smallest absolute Gasteiger partial charge is 0.375 e. The van der Waals surface area contributed by atoms with Gasteiger partial charge in [0.1, 0.15) is 0 Å². The first kappa shape index (κ1) is 18.8. The van der Waals surface area contributed by atoms with Gasteiger partial charge in [-0.2, -0.15) is 13.2 Å². The van der Waals surface area contributed by atoms with Gasteiger partial charge in [-0.05, 0) is 23.8 Å². The third-order valence-electron chi connectivity index (χ3n) is 3.40. The average Bonchev–Trinajstić information content (AvgIpc) is 2.54. The standard InChI is InChI=1S/C16H12BrClF3NO2/c17-11-6-7-13(18)12(8-11)14(23)22-9-15(24,16(19,20)21)10-4-2-1-3-5-10/h1-8,24H,9H2,(H,22,23). The molecule has 128 valence electrons. The van der Waals surface area contributed by atoms with Crippen molar-refractivity contribution in [1.29, 1.82) is 0 Å². The molecule has 1 unspecified atom stereocenters. The molecular formula is C16H12BrClF3NO2. The monoisotopic (exact) mass is 421 g/mol. The molecule has 2 rings (SSSR count). The van der Waals surface area contributed by atoms with Crippen LogP contribution in [0.3, 0.4) is 0 Å². The van der Waals surface area contributed by atoms with Gasteiger partial charge in [-0.3, -0.25) is 4.79 Å². The molecule has 0 aliphatic carbocycles. The fourth-order valence-corrected chi connectivity index (χ4v) is 2.62. The van der Waals surface area contributed by atoms with Crippen molar-refractivity contribution in [3.8, 4) is 0 Å². The molecule has 2 aromatic rings. The van der Waals surface area contributed by atoms with Crippen LogP contribution in [0.25, 0.3) is 0 Å². The number of amides is 1. The van der Waals surface area contributed by atoms with Gasteiger partial charge in [0.05, 0.1) is 17.1 Å². The molecule has 0 radical (unpaired) electrons. The number of nitrogens with one attached hydrogen (secondary N) is 1. The minimum absolute atomic E-state index is 0.00336. The van der Waals surface area contributed by atoms with E-state index in [2.05, 4.69) is 21.2 Å². The molecule has 0 aliphatic rings. The van der Waals surface area contributed by atoms with Crippen molar-refractivity contribution in [2.75, 3.05) is 6.54 Å². The predicted octanol–water partition coefficient (Wildman–Crippen LogP) is 4.28. The van der Waals surface area contributed by atoms with Crippen LogP contribution < -0.4 is 5.32 Å². The molecular weight excluding hydrogens is 411 g/mol. The second-order valence-corrected chi connectivity index (χ2v) is 6.35. The Morgan fingerprint density at radius 3 is 2.38 bits per heavy atom. The number of aliphatic hydroxyl groups is 1. The number of alkyl halides is 3. The van der Waals surface area contributed by atoms with E-state index in [0.717, 1.165) is 12.1 Å². The van der Waals surface area contributed by atoms with Crippen molar-refractivity contribution in [2.45, 2.75) is 11.8 Å². The Hall–Kier alpha value is -1.57. The van der Waals surface area contributed by atoms with Crippen molar-refractivity contribution in [2.24, 2.45) is 0 Å². The van der Waals surface area contributed by atoms with E-state index in [4.69, 9.17) is 11.6 Å². The molecule has 3 nitrogen and oxygen atoms in total. The number of benzene rings is 2. The molecule has 0 aromatic heterocycles. The number of halogens is 5. The van der Waals surface area contributed by atoms with Crippen molar-refractivity contribution >= 4 is 33.4 Å². The minimum atomic E-state index is -4.97. The maximum absolute atomic E-state index is 13.4. The molecule has 0 saturated carbocycles. The van der Waals surface area contributed by atoms with Crippen molar-refractivity contribution in [1.82, 2.24) is 5.32 Å². The van der Waals surface area contributed by atoms with Crippen molar-refractivity contribution in [3.05, 3.63) is 69.2 Å². The summed E-state index contributed by atoms with van der Waals surface area (Å²) in [5.74, 6) is -0.820. The van der Waals surface area contributed by atoms with E-state index in [1.165, 1.54) is 30.3 Å². The minimum Gasteiger partial charge on any atom is -0.375 e. The Morgan fingerprint density at radius 1 is 1.17 bits per heavy atom. The van der Waals surface area contributed by atoms with E-state index >= 15 is 0 Å². The van der Waals surface area contributed by atoms with Crippen LogP contribution in [-0.2, 0) is 5.60 Å². The maximum Gasteiger partial charge on any atom is 0.423 e. The lowest BCUT2D eigenvalue weighted by molar-refractivity contribution is -0.263. The molecule has 0 bridgehead atoms. The zero-order valence-corrected chi connectivity index (χ0v) is 14.4. The number of hydrogen-bond donors (Lipinski definition) is 2. The molecule has 0 spiro atoms. The van der Waals surface area contributed by atoms with E-state index in [-0.39, 0.29) is 16.1 Å². The highest BCUT2D eigenvalue weighted by molar-refractivity contribution is 9.10. The summed E-state index contributed by atoms with van der Waals surface area (Å²) in [5, 5.41) is 12.3. The first-order valence-corrected chi connectivity index (χ1v) is 7.90. The fourth-order valence-electron chi connectivity index (χ4n) is 2.05. The number of rotatable bonds is 4. The first-order chi connectivity index (χ1) is 11.1. The molecule has 0 aliphatic heterocycles. The zero-order chi connectivity index (χ0) is 18.0. The Morgan fingerprint density at radius 2 is 1.79 bits per heavy atom. The van der Waals surface area contributed by atoms with E-state index in [9.17, 15) is 23.1 Å². The molecule has 0 fully saturated rings. The second-order valence-electron chi connectivity index (χ2n) is 5.03. The van der Waals surface area contributed by atoms with Crippen molar-refractivity contribution in [3.63, 3.8) is 0 Å². The summed E-state index contributed by atoms with van der Waals surface area (Å²) in [6.45, 7) is -1.04. The summed E-state index contributed by atoms with van der Waals surface area (Å²) < 4.78 is 40.6. The van der Waals surface area contributed by atoms with E-state index in [0.29, 0.717) is 4.47 Å². The van der Waals surface area contributed by atoms with Gasteiger partial charge in [0, 0.05) is 4.47 Å². The SMILES string of the molecule is O=C(NCC(O)(c1ccccc1)C(F)(F)F)c1cc(Br)ccc1Cl. The van der Waals surface area contributed by atoms with Crippen molar-refractivity contribution < 1.29 is 23.1 Å². The molecule has 8 heteroatoms. The van der Waals surface area contributed by atoms with Gasteiger partial charge < -0.3 is 10.4 Å². The quantitative estimate of drug-likeness (QED) is 0.773.